The van der Waals surface area contributed by atoms with Gasteiger partial charge in [0.2, 0.25) is 0 Å². The fourth-order valence-electron chi connectivity index (χ4n) is 2.09. The molecule has 2 rings (SSSR count). The first kappa shape index (κ1) is 17.8. The second kappa shape index (κ2) is 7.84. The largest absolute Gasteiger partial charge is 0.454 e. The Kier molecular flexibility index (Phi) is 6.07. The van der Waals surface area contributed by atoms with Crippen molar-refractivity contribution in [1.82, 2.24) is 0 Å². The van der Waals surface area contributed by atoms with Crippen LogP contribution in [0.4, 0.5) is 5.69 Å². The molecule has 0 aliphatic carbocycles. The molecule has 0 saturated heterocycles. The molecular weight excluding hydrogens is 378 g/mol. The van der Waals surface area contributed by atoms with Crippen molar-refractivity contribution in [2.24, 2.45) is 0 Å². The lowest BCUT2D eigenvalue weighted by molar-refractivity contribution is 0.469. The van der Waals surface area contributed by atoms with Crippen LogP contribution in [0.25, 0.3) is 0 Å². The Hall–Kier alpha value is -1.53. The molecule has 0 amide bonds. The van der Waals surface area contributed by atoms with Crippen molar-refractivity contribution in [3.8, 4) is 11.5 Å². The van der Waals surface area contributed by atoms with E-state index in [0.29, 0.717) is 21.7 Å². The SMILES string of the molecule is CCCCNc1cc(Br)cc(S(C)(=O)=O)c1Oc1ccccc1. The molecule has 0 unspecified atom stereocenters. The molecule has 0 atom stereocenters. The highest BCUT2D eigenvalue weighted by atomic mass is 79.9. The van der Waals surface area contributed by atoms with Gasteiger partial charge in [0.25, 0.3) is 0 Å². The van der Waals surface area contributed by atoms with Crippen LogP contribution in [0, 0.1) is 0 Å². The Balaban J connectivity index is 2.49. The maximum absolute atomic E-state index is 12.1. The molecule has 0 bridgehead atoms. The zero-order valence-corrected chi connectivity index (χ0v) is 15.6. The number of hydrogen-bond donors (Lipinski definition) is 1. The summed E-state index contributed by atoms with van der Waals surface area (Å²) in [5.41, 5.74) is 0.664. The lowest BCUT2D eigenvalue weighted by Gasteiger charge is -2.17. The van der Waals surface area contributed by atoms with E-state index >= 15 is 0 Å². The molecule has 0 aliphatic rings. The number of benzene rings is 2. The molecule has 0 spiro atoms. The van der Waals surface area contributed by atoms with E-state index in [4.69, 9.17) is 4.74 Å². The first-order chi connectivity index (χ1) is 10.9. The first-order valence-electron chi connectivity index (χ1n) is 7.42. The summed E-state index contributed by atoms with van der Waals surface area (Å²) in [7, 11) is -3.42. The van der Waals surface area contributed by atoms with E-state index in [-0.39, 0.29) is 4.90 Å². The lowest BCUT2D eigenvalue weighted by atomic mass is 10.2. The summed E-state index contributed by atoms with van der Waals surface area (Å²) >= 11 is 3.37. The van der Waals surface area contributed by atoms with Gasteiger partial charge < -0.3 is 10.1 Å². The van der Waals surface area contributed by atoms with Crippen LogP contribution in [-0.2, 0) is 9.84 Å². The third-order valence-electron chi connectivity index (χ3n) is 3.23. The van der Waals surface area contributed by atoms with E-state index in [1.54, 1.807) is 18.2 Å². The van der Waals surface area contributed by atoms with Gasteiger partial charge in [-0.05, 0) is 30.7 Å². The van der Waals surface area contributed by atoms with E-state index < -0.39 is 9.84 Å². The minimum absolute atomic E-state index is 0.162. The third-order valence-corrected chi connectivity index (χ3v) is 4.79. The average molecular weight is 398 g/mol. The Bertz CT molecular complexity index is 761. The van der Waals surface area contributed by atoms with Gasteiger partial charge in [-0.25, -0.2) is 8.42 Å². The van der Waals surface area contributed by atoms with Gasteiger partial charge in [-0.15, -0.1) is 0 Å². The van der Waals surface area contributed by atoms with Crippen LogP contribution in [-0.4, -0.2) is 21.2 Å². The number of halogens is 1. The number of nitrogens with one attached hydrogen (secondary N) is 1. The monoisotopic (exact) mass is 397 g/mol. The molecule has 0 fully saturated rings. The first-order valence-corrected chi connectivity index (χ1v) is 10.1. The molecule has 0 aromatic heterocycles. The molecule has 23 heavy (non-hydrogen) atoms. The maximum Gasteiger partial charge on any atom is 0.179 e. The smallest absolute Gasteiger partial charge is 0.179 e. The molecule has 4 nitrogen and oxygen atoms in total. The van der Waals surface area contributed by atoms with Crippen LogP contribution in [0.15, 0.2) is 51.8 Å². The van der Waals surface area contributed by atoms with Gasteiger partial charge in [-0.3, -0.25) is 0 Å². The van der Waals surface area contributed by atoms with Gasteiger partial charge in [0.1, 0.15) is 10.6 Å². The Morgan fingerprint density at radius 1 is 1.17 bits per heavy atom. The van der Waals surface area contributed by atoms with Gasteiger partial charge in [0.05, 0.1) is 5.69 Å². The molecule has 1 N–H and O–H groups in total. The zero-order valence-electron chi connectivity index (χ0n) is 13.2. The summed E-state index contributed by atoms with van der Waals surface area (Å²) in [5.74, 6) is 0.927. The zero-order chi connectivity index (χ0) is 16.9. The van der Waals surface area contributed by atoms with Crippen molar-refractivity contribution in [1.29, 1.82) is 0 Å². The summed E-state index contributed by atoms with van der Waals surface area (Å²) < 4.78 is 30.9. The average Bonchev–Trinajstić information content (AvgIpc) is 2.49. The van der Waals surface area contributed by atoms with E-state index in [2.05, 4.69) is 28.2 Å². The van der Waals surface area contributed by atoms with Crippen molar-refractivity contribution in [2.75, 3.05) is 18.1 Å². The summed E-state index contributed by atoms with van der Waals surface area (Å²) in [5, 5.41) is 3.27. The summed E-state index contributed by atoms with van der Waals surface area (Å²) in [6, 6.07) is 12.6. The van der Waals surface area contributed by atoms with Crippen molar-refractivity contribution in [2.45, 2.75) is 24.7 Å². The molecule has 0 aliphatic heterocycles. The maximum atomic E-state index is 12.1. The topological polar surface area (TPSA) is 55.4 Å². The Labute approximate surface area is 145 Å². The second-order valence-corrected chi connectivity index (χ2v) is 8.15. The summed E-state index contributed by atoms with van der Waals surface area (Å²) in [6.45, 7) is 2.85. The standard InChI is InChI=1S/C17H20BrNO3S/c1-3-4-10-19-15-11-13(18)12-16(23(2,20)21)17(15)22-14-8-6-5-7-9-14/h5-9,11-12,19H,3-4,10H2,1-2H3. The molecule has 2 aromatic carbocycles. The van der Waals surface area contributed by atoms with Gasteiger partial charge in [-0.2, -0.15) is 0 Å². The summed E-state index contributed by atoms with van der Waals surface area (Å²) in [6.07, 6.45) is 3.22. The highest BCUT2D eigenvalue weighted by Gasteiger charge is 2.20. The highest BCUT2D eigenvalue weighted by molar-refractivity contribution is 9.10. The molecule has 124 valence electrons. The number of hydrogen-bond acceptors (Lipinski definition) is 4. The predicted molar refractivity (Wildman–Crippen MR) is 97.2 cm³/mol. The lowest BCUT2D eigenvalue weighted by Crippen LogP contribution is -2.07. The highest BCUT2D eigenvalue weighted by Crippen LogP contribution is 2.38. The van der Waals surface area contributed by atoms with Crippen LogP contribution in [0.3, 0.4) is 0 Å². The molecular formula is C17H20BrNO3S. The second-order valence-electron chi connectivity index (χ2n) is 5.25. The van der Waals surface area contributed by atoms with E-state index in [1.807, 2.05) is 24.3 Å². The Morgan fingerprint density at radius 2 is 1.87 bits per heavy atom. The molecule has 0 radical (unpaired) electrons. The van der Waals surface area contributed by atoms with Gasteiger partial charge >= 0.3 is 0 Å². The number of anilines is 1. The van der Waals surface area contributed by atoms with Gasteiger partial charge in [-0.1, -0.05) is 47.5 Å². The van der Waals surface area contributed by atoms with Crippen LogP contribution < -0.4 is 10.1 Å². The molecule has 0 heterocycles. The van der Waals surface area contributed by atoms with Crippen molar-refractivity contribution in [3.05, 3.63) is 46.9 Å². The number of ether oxygens (including phenoxy) is 1. The number of para-hydroxylation sites is 1. The summed E-state index contributed by atoms with van der Waals surface area (Å²) in [4.78, 5) is 0.162. The minimum atomic E-state index is -3.42. The Morgan fingerprint density at radius 3 is 2.48 bits per heavy atom. The van der Waals surface area contributed by atoms with Crippen LogP contribution >= 0.6 is 15.9 Å². The molecule has 0 saturated carbocycles. The van der Waals surface area contributed by atoms with Gasteiger partial charge in [0, 0.05) is 17.3 Å². The van der Waals surface area contributed by atoms with Crippen LogP contribution in [0.5, 0.6) is 11.5 Å². The van der Waals surface area contributed by atoms with E-state index in [0.717, 1.165) is 19.4 Å². The van der Waals surface area contributed by atoms with Crippen LogP contribution in [0.1, 0.15) is 19.8 Å². The molecule has 6 heteroatoms. The van der Waals surface area contributed by atoms with E-state index in [9.17, 15) is 8.42 Å². The quantitative estimate of drug-likeness (QED) is 0.677. The number of rotatable bonds is 7. The normalized spacial score (nSPS) is 11.3. The molecule has 2 aromatic rings. The van der Waals surface area contributed by atoms with Crippen molar-refractivity contribution < 1.29 is 13.2 Å². The predicted octanol–water partition coefficient (Wildman–Crippen LogP) is 4.86. The number of sulfone groups is 1. The van der Waals surface area contributed by atoms with E-state index in [1.165, 1.54) is 6.26 Å². The fourth-order valence-corrected chi connectivity index (χ4v) is 3.53. The third kappa shape index (κ3) is 4.97. The van der Waals surface area contributed by atoms with Gasteiger partial charge in [0.15, 0.2) is 15.6 Å². The van der Waals surface area contributed by atoms with Crippen LogP contribution in [0.2, 0.25) is 0 Å². The van der Waals surface area contributed by atoms with Crippen molar-refractivity contribution >= 4 is 31.5 Å². The van der Waals surface area contributed by atoms with Crippen molar-refractivity contribution in [3.63, 3.8) is 0 Å². The number of unbranched alkanes of at least 4 members (excludes halogenated alkanes) is 1. The fraction of sp³-hybridized carbons (Fsp3) is 0.294. The minimum Gasteiger partial charge on any atom is -0.454 e.